The molecule has 1 saturated carbocycles. The summed E-state index contributed by atoms with van der Waals surface area (Å²) in [6, 6.07) is 0.362. The Labute approximate surface area is 156 Å². The molecule has 27 heavy (non-hydrogen) atoms. The van der Waals surface area contributed by atoms with Gasteiger partial charge in [-0.2, -0.15) is 14.6 Å². The van der Waals surface area contributed by atoms with Crippen LogP contribution in [0.1, 0.15) is 32.6 Å². The van der Waals surface area contributed by atoms with Crippen molar-refractivity contribution in [3.63, 3.8) is 0 Å². The number of rotatable bonds is 5. The minimum atomic E-state index is 0.223. The van der Waals surface area contributed by atoms with Gasteiger partial charge < -0.3 is 15.4 Å². The number of nitrogens with one attached hydrogen (secondary N) is 3. The molecular weight excluding hydrogens is 344 g/mol. The number of anilines is 1. The van der Waals surface area contributed by atoms with Crippen molar-refractivity contribution in [3.05, 3.63) is 18.7 Å². The molecule has 9 heteroatoms. The summed E-state index contributed by atoms with van der Waals surface area (Å²) in [6.07, 6.45) is 9.87. The van der Waals surface area contributed by atoms with Crippen LogP contribution >= 0.6 is 0 Å². The van der Waals surface area contributed by atoms with E-state index in [2.05, 4.69) is 37.8 Å². The lowest BCUT2D eigenvalue weighted by molar-refractivity contribution is 0.121. The van der Waals surface area contributed by atoms with Crippen LogP contribution in [0.2, 0.25) is 0 Å². The maximum absolute atomic E-state index is 6.28. The Morgan fingerprint density at radius 3 is 2.96 bits per heavy atom. The fraction of sp³-hybridized carbons (Fsp3) is 0.556. The largest absolute Gasteiger partial charge is 0.484 e. The van der Waals surface area contributed by atoms with E-state index in [-0.39, 0.29) is 6.10 Å². The smallest absolute Gasteiger partial charge is 0.243 e. The predicted octanol–water partition coefficient (Wildman–Crippen LogP) is 1.86. The highest BCUT2D eigenvalue weighted by Crippen LogP contribution is 2.35. The summed E-state index contributed by atoms with van der Waals surface area (Å²) >= 11 is 0. The zero-order valence-electron chi connectivity index (χ0n) is 15.4. The molecule has 4 heterocycles. The third-order valence-corrected chi connectivity index (χ3v) is 5.55. The van der Waals surface area contributed by atoms with Gasteiger partial charge in [-0.25, -0.2) is 4.98 Å². The monoisotopic (exact) mass is 368 g/mol. The van der Waals surface area contributed by atoms with Gasteiger partial charge >= 0.3 is 0 Å². The Hall–Kier alpha value is -2.68. The molecule has 0 bridgehead atoms. The van der Waals surface area contributed by atoms with Gasteiger partial charge in [-0.15, -0.1) is 5.10 Å². The highest BCUT2D eigenvalue weighted by Gasteiger charge is 2.26. The van der Waals surface area contributed by atoms with Crippen molar-refractivity contribution in [3.8, 4) is 17.0 Å². The summed E-state index contributed by atoms with van der Waals surface area (Å²) in [4.78, 5) is 9.32. The molecule has 1 aliphatic carbocycles. The third-order valence-electron chi connectivity index (χ3n) is 5.55. The van der Waals surface area contributed by atoms with E-state index in [1.165, 1.54) is 6.42 Å². The molecule has 9 nitrogen and oxygen atoms in total. The van der Waals surface area contributed by atoms with Gasteiger partial charge in [-0.3, -0.25) is 5.10 Å². The van der Waals surface area contributed by atoms with Crippen molar-refractivity contribution in [1.29, 1.82) is 0 Å². The van der Waals surface area contributed by atoms with E-state index in [4.69, 9.17) is 9.72 Å². The first kappa shape index (κ1) is 16.5. The molecule has 0 amide bonds. The van der Waals surface area contributed by atoms with Gasteiger partial charge in [0.2, 0.25) is 11.6 Å². The van der Waals surface area contributed by atoms with Gasteiger partial charge in [0.15, 0.2) is 5.75 Å². The van der Waals surface area contributed by atoms with Crippen LogP contribution in [0, 0.1) is 5.92 Å². The maximum atomic E-state index is 6.28. The average Bonchev–Trinajstić information content (AvgIpc) is 3.29. The second-order valence-corrected chi connectivity index (χ2v) is 7.50. The van der Waals surface area contributed by atoms with Crippen LogP contribution in [0.5, 0.6) is 5.75 Å². The molecule has 0 unspecified atom stereocenters. The van der Waals surface area contributed by atoms with E-state index in [0.29, 0.717) is 29.3 Å². The van der Waals surface area contributed by atoms with E-state index in [0.717, 1.165) is 43.6 Å². The molecule has 0 spiro atoms. The normalized spacial score (nSPS) is 23.3. The molecule has 0 radical (unpaired) electrons. The predicted molar refractivity (Wildman–Crippen MR) is 101 cm³/mol. The molecule has 5 rings (SSSR count). The van der Waals surface area contributed by atoms with E-state index in [9.17, 15) is 0 Å². The number of H-pyrrole nitrogens is 1. The summed E-state index contributed by atoms with van der Waals surface area (Å²) in [5.41, 5.74) is 2.32. The molecule has 3 aromatic rings. The van der Waals surface area contributed by atoms with Crippen LogP contribution in [-0.2, 0) is 0 Å². The molecule has 142 valence electrons. The van der Waals surface area contributed by atoms with Gasteiger partial charge in [0, 0.05) is 17.8 Å². The van der Waals surface area contributed by atoms with Gasteiger partial charge in [0.05, 0.1) is 12.3 Å². The third kappa shape index (κ3) is 3.12. The molecule has 2 atom stereocenters. The summed E-state index contributed by atoms with van der Waals surface area (Å²) in [5, 5.41) is 18.4. The average molecular weight is 368 g/mol. The fourth-order valence-electron chi connectivity index (χ4n) is 3.64. The Kier molecular flexibility index (Phi) is 4.16. The number of nitrogens with zero attached hydrogens (tertiary/aromatic N) is 5. The lowest BCUT2D eigenvalue weighted by Crippen LogP contribution is -2.42. The first-order valence-corrected chi connectivity index (χ1v) is 9.66. The topological polar surface area (TPSA) is 105 Å². The molecule has 1 aliphatic heterocycles. The van der Waals surface area contributed by atoms with Crippen molar-refractivity contribution >= 4 is 11.6 Å². The van der Waals surface area contributed by atoms with Crippen LogP contribution in [0.25, 0.3) is 16.9 Å². The summed E-state index contributed by atoms with van der Waals surface area (Å²) in [7, 11) is 0. The molecule has 3 N–H and O–H groups in total. The van der Waals surface area contributed by atoms with Gasteiger partial charge in [-0.1, -0.05) is 6.92 Å². The van der Waals surface area contributed by atoms with E-state index >= 15 is 0 Å². The van der Waals surface area contributed by atoms with Gasteiger partial charge in [-0.05, 0) is 44.7 Å². The van der Waals surface area contributed by atoms with E-state index in [1.807, 2.05) is 6.20 Å². The van der Waals surface area contributed by atoms with Crippen molar-refractivity contribution in [2.24, 2.45) is 5.92 Å². The number of aromatic amines is 1. The highest BCUT2D eigenvalue weighted by atomic mass is 16.5. The lowest BCUT2D eigenvalue weighted by Gasteiger charge is -2.29. The van der Waals surface area contributed by atoms with Crippen molar-refractivity contribution in [1.82, 2.24) is 35.1 Å². The summed E-state index contributed by atoms with van der Waals surface area (Å²) in [5.74, 6) is 1.83. The molecule has 2 aliphatic rings. The summed E-state index contributed by atoms with van der Waals surface area (Å²) in [6.45, 7) is 4.26. The first-order valence-electron chi connectivity index (χ1n) is 9.66. The number of ether oxygens (including phenoxy) is 1. The minimum Gasteiger partial charge on any atom is -0.484 e. The molecule has 2 fully saturated rings. The number of fused-ring (bicyclic) bond motifs is 1. The molecule has 3 aromatic heterocycles. The molecule has 0 aromatic carbocycles. The zero-order chi connectivity index (χ0) is 18.2. The number of hydrogen-bond acceptors (Lipinski definition) is 7. The molecular formula is C18H24N8O. The SMILES string of the molecule is C[C@@H]1CNCC[C@@H]1Nc1nc2c(OC3CCC3)c(-c3cn[nH]c3)ncn2n1. The van der Waals surface area contributed by atoms with E-state index in [1.54, 1.807) is 17.0 Å². The zero-order valence-corrected chi connectivity index (χ0v) is 15.4. The number of aromatic nitrogens is 6. The van der Waals surface area contributed by atoms with Gasteiger partial charge in [0.1, 0.15) is 12.0 Å². The Morgan fingerprint density at radius 1 is 1.30 bits per heavy atom. The number of hydrogen-bond donors (Lipinski definition) is 3. The number of piperidine rings is 1. The lowest BCUT2D eigenvalue weighted by atomic mass is 9.95. The van der Waals surface area contributed by atoms with Crippen molar-refractivity contribution < 1.29 is 4.74 Å². The van der Waals surface area contributed by atoms with Crippen LogP contribution in [0.15, 0.2) is 18.7 Å². The Morgan fingerprint density at radius 2 is 2.22 bits per heavy atom. The van der Waals surface area contributed by atoms with Crippen LogP contribution in [0.3, 0.4) is 0 Å². The van der Waals surface area contributed by atoms with Gasteiger partial charge in [0.25, 0.3) is 0 Å². The Bertz CT molecular complexity index is 917. The first-order chi connectivity index (χ1) is 13.3. The molecule has 1 saturated heterocycles. The Balaban J connectivity index is 1.51. The standard InChI is InChI=1S/C18H24N8O/c1-11-7-19-6-5-14(11)23-18-24-17-16(27-13-3-2-4-13)15(12-8-21-22-9-12)20-10-26(17)25-18/h8-11,13-14,19H,2-7H2,1H3,(H,21,22)(H,23,25)/t11-,14+/m1/s1. The fourth-order valence-corrected chi connectivity index (χ4v) is 3.64. The second-order valence-electron chi connectivity index (χ2n) is 7.50. The van der Waals surface area contributed by atoms with Crippen LogP contribution in [-0.4, -0.2) is 55.0 Å². The van der Waals surface area contributed by atoms with Crippen molar-refractivity contribution in [2.75, 3.05) is 18.4 Å². The quantitative estimate of drug-likeness (QED) is 0.631. The van der Waals surface area contributed by atoms with Crippen LogP contribution < -0.4 is 15.4 Å². The second kappa shape index (κ2) is 6.80. The van der Waals surface area contributed by atoms with Crippen molar-refractivity contribution in [2.45, 2.75) is 44.8 Å². The minimum absolute atomic E-state index is 0.223. The van der Waals surface area contributed by atoms with Crippen LogP contribution in [0.4, 0.5) is 5.95 Å². The maximum Gasteiger partial charge on any atom is 0.243 e. The van der Waals surface area contributed by atoms with E-state index < -0.39 is 0 Å². The highest BCUT2D eigenvalue weighted by molar-refractivity contribution is 5.74. The summed E-state index contributed by atoms with van der Waals surface area (Å²) < 4.78 is 7.98.